The number of hydrogen-bond acceptors (Lipinski definition) is 4. The number of nitrogens with zero attached hydrogens (tertiary/aromatic N) is 2. The van der Waals surface area contributed by atoms with E-state index in [4.69, 9.17) is 0 Å². The number of carbonyl (C=O) groups excluding carboxylic acids is 1. The summed E-state index contributed by atoms with van der Waals surface area (Å²) in [6, 6.07) is 9.77. The molecule has 0 radical (unpaired) electrons. The standard InChI is InChI=1S/C17H18N4OS/c1-10-15(23-12(3)19-10)17(22)20-11(2)16-18-9-14(21-16)13-7-5-4-6-8-13/h4-9,11H,1-3H3,(H,18,21)(H,20,22)/t11-/m1/s1. The van der Waals surface area contributed by atoms with E-state index in [1.54, 1.807) is 6.20 Å². The summed E-state index contributed by atoms with van der Waals surface area (Å²) in [5, 5.41) is 3.86. The number of hydrogen-bond donors (Lipinski definition) is 2. The molecule has 1 atom stereocenters. The Balaban J connectivity index is 1.74. The number of nitrogens with one attached hydrogen (secondary N) is 2. The lowest BCUT2D eigenvalue weighted by Gasteiger charge is -2.10. The Morgan fingerprint density at radius 2 is 2.00 bits per heavy atom. The van der Waals surface area contributed by atoms with E-state index >= 15 is 0 Å². The number of aryl methyl sites for hydroxylation is 2. The molecule has 0 fully saturated rings. The third-order valence-corrected chi connectivity index (χ3v) is 4.62. The van der Waals surface area contributed by atoms with Crippen LogP contribution in [0.3, 0.4) is 0 Å². The highest BCUT2D eigenvalue weighted by molar-refractivity contribution is 7.13. The van der Waals surface area contributed by atoms with Crippen molar-refractivity contribution >= 4 is 17.2 Å². The average molecular weight is 326 g/mol. The van der Waals surface area contributed by atoms with E-state index in [0.717, 1.165) is 27.8 Å². The molecule has 0 aliphatic rings. The van der Waals surface area contributed by atoms with Gasteiger partial charge in [0, 0.05) is 0 Å². The Labute approximate surface area is 138 Å². The molecule has 0 spiro atoms. The largest absolute Gasteiger partial charge is 0.342 e. The van der Waals surface area contributed by atoms with Gasteiger partial charge in [-0.05, 0) is 26.3 Å². The zero-order valence-corrected chi connectivity index (χ0v) is 14.1. The molecule has 0 saturated heterocycles. The van der Waals surface area contributed by atoms with Crippen molar-refractivity contribution in [1.29, 1.82) is 0 Å². The van der Waals surface area contributed by atoms with Gasteiger partial charge in [-0.25, -0.2) is 9.97 Å². The van der Waals surface area contributed by atoms with Crippen molar-refractivity contribution in [2.75, 3.05) is 0 Å². The molecule has 2 N–H and O–H groups in total. The van der Waals surface area contributed by atoms with Crippen LogP contribution in [0, 0.1) is 13.8 Å². The summed E-state index contributed by atoms with van der Waals surface area (Å²) in [5.41, 5.74) is 2.77. The van der Waals surface area contributed by atoms with Gasteiger partial charge in [-0.1, -0.05) is 30.3 Å². The average Bonchev–Trinajstić information content (AvgIpc) is 3.15. The van der Waals surface area contributed by atoms with Crippen LogP contribution in [0.5, 0.6) is 0 Å². The van der Waals surface area contributed by atoms with Crippen molar-refractivity contribution in [2.24, 2.45) is 0 Å². The highest BCUT2D eigenvalue weighted by atomic mass is 32.1. The predicted molar refractivity (Wildman–Crippen MR) is 91.5 cm³/mol. The number of aromatic amines is 1. The minimum absolute atomic E-state index is 0.113. The summed E-state index contributed by atoms with van der Waals surface area (Å²) in [7, 11) is 0. The number of H-pyrrole nitrogens is 1. The number of benzene rings is 1. The van der Waals surface area contributed by atoms with E-state index in [-0.39, 0.29) is 11.9 Å². The number of amides is 1. The molecule has 1 amide bonds. The van der Waals surface area contributed by atoms with E-state index in [2.05, 4.69) is 20.3 Å². The first-order valence-electron chi connectivity index (χ1n) is 7.40. The molecule has 0 unspecified atom stereocenters. The maximum atomic E-state index is 12.4. The first kappa shape index (κ1) is 15.4. The fourth-order valence-corrected chi connectivity index (χ4v) is 3.22. The molecule has 0 saturated carbocycles. The molecule has 2 aromatic heterocycles. The van der Waals surface area contributed by atoms with E-state index in [1.165, 1.54) is 11.3 Å². The molecule has 118 valence electrons. The number of rotatable bonds is 4. The van der Waals surface area contributed by atoms with Gasteiger partial charge in [-0.2, -0.15) is 0 Å². The lowest BCUT2D eigenvalue weighted by molar-refractivity contribution is 0.0941. The zero-order chi connectivity index (χ0) is 16.4. The Kier molecular flexibility index (Phi) is 4.25. The summed E-state index contributed by atoms with van der Waals surface area (Å²) < 4.78 is 0. The monoisotopic (exact) mass is 326 g/mol. The van der Waals surface area contributed by atoms with Crippen molar-refractivity contribution in [3.05, 3.63) is 57.9 Å². The normalized spacial score (nSPS) is 12.1. The summed E-state index contributed by atoms with van der Waals surface area (Å²) in [4.78, 5) is 25.0. The maximum Gasteiger partial charge on any atom is 0.263 e. The van der Waals surface area contributed by atoms with Crippen LogP contribution in [-0.4, -0.2) is 20.9 Å². The van der Waals surface area contributed by atoms with E-state index in [1.807, 2.05) is 51.1 Å². The molecule has 5 nitrogen and oxygen atoms in total. The van der Waals surface area contributed by atoms with Gasteiger partial charge in [-0.15, -0.1) is 11.3 Å². The first-order chi connectivity index (χ1) is 11.0. The van der Waals surface area contributed by atoms with E-state index in [0.29, 0.717) is 4.88 Å². The van der Waals surface area contributed by atoms with Gasteiger partial charge in [-0.3, -0.25) is 4.79 Å². The summed E-state index contributed by atoms with van der Waals surface area (Å²) in [6.45, 7) is 5.66. The van der Waals surface area contributed by atoms with Crippen LogP contribution in [0.2, 0.25) is 0 Å². The van der Waals surface area contributed by atoms with Crippen LogP contribution in [0.1, 0.15) is 39.2 Å². The molecular formula is C17H18N4OS. The molecule has 0 bridgehead atoms. The predicted octanol–water partition coefficient (Wildman–Crippen LogP) is 3.64. The fraction of sp³-hybridized carbons (Fsp3) is 0.235. The first-order valence-corrected chi connectivity index (χ1v) is 8.21. The zero-order valence-electron chi connectivity index (χ0n) is 13.3. The van der Waals surface area contributed by atoms with Gasteiger partial charge in [0.05, 0.1) is 28.6 Å². The van der Waals surface area contributed by atoms with Crippen molar-refractivity contribution in [1.82, 2.24) is 20.3 Å². The molecule has 3 aromatic rings. The highest BCUT2D eigenvalue weighted by Gasteiger charge is 2.18. The Bertz CT molecular complexity index is 822. The Morgan fingerprint density at radius 3 is 2.65 bits per heavy atom. The minimum Gasteiger partial charge on any atom is -0.342 e. The Hall–Kier alpha value is -2.47. The second kappa shape index (κ2) is 6.34. The lowest BCUT2D eigenvalue weighted by atomic mass is 10.2. The molecule has 23 heavy (non-hydrogen) atoms. The summed E-state index contributed by atoms with van der Waals surface area (Å²) in [6.07, 6.45) is 1.79. The molecule has 0 aliphatic heterocycles. The summed E-state index contributed by atoms with van der Waals surface area (Å²) >= 11 is 1.41. The van der Waals surface area contributed by atoms with Crippen molar-refractivity contribution in [3.63, 3.8) is 0 Å². The molecular weight excluding hydrogens is 308 g/mol. The smallest absolute Gasteiger partial charge is 0.263 e. The van der Waals surface area contributed by atoms with Gasteiger partial charge in [0.1, 0.15) is 10.7 Å². The van der Waals surface area contributed by atoms with E-state index in [9.17, 15) is 4.79 Å². The highest BCUT2D eigenvalue weighted by Crippen LogP contribution is 2.21. The van der Waals surface area contributed by atoms with Crippen molar-refractivity contribution < 1.29 is 4.79 Å². The van der Waals surface area contributed by atoms with Crippen LogP contribution in [0.15, 0.2) is 36.5 Å². The van der Waals surface area contributed by atoms with Gasteiger partial charge in [0.15, 0.2) is 0 Å². The van der Waals surface area contributed by atoms with Crippen LogP contribution < -0.4 is 5.32 Å². The van der Waals surface area contributed by atoms with Gasteiger partial charge in [0.2, 0.25) is 0 Å². The number of carbonyl (C=O) groups is 1. The van der Waals surface area contributed by atoms with Gasteiger partial charge in [0.25, 0.3) is 5.91 Å². The fourth-order valence-electron chi connectivity index (χ4n) is 2.39. The van der Waals surface area contributed by atoms with Gasteiger partial charge >= 0.3 is 0 Å². The number of imidazole rings is 1. The van der Waals surface area contributed by atoms with Crippen LogP contribution in [0.4, 0.5) is 0 Å². The van der Waals surface area contributed by atoms with Crippen molar-refractivity contribution in [3.8, 4) is 11.3 Å². The summed E-state index contributed by atoms with van der Waals surface area (Å²) in [5.74, 6) is 0.620. The number of aromatic nitrogens is 3. The molecule has 0 aliphatic carbocycles. The van der Waals surface area contributed by atoms with Crippen LogP contribution >= 0.6 is 11.3 Å². The quantitative estimate of drug-likeness (QED) is 0.769. The maximum absolute atomic E-state index is 12.4. The SMILES string of the molecule is Cc1nc(C)c(C(=O)N[C@H](C)c2ncc(-c3ccccc3)[nH]2)s1. The molecule has 1 aromatic carbocycles. The van der Waals surface area contributed by atoms with Crippen LogP contribution in [-0.2, 0) is 0 Å². The third kappa shape index (κ3) is 3.32. The molecule has 2 heterocycles. The van der Waals surface area contributed by atoms with Crippen LogP contribution in [0.25, 0.3) is 11.3 Å². The Morgan fingerprint density at radius 1 is 1.26 bits per heavy atom. The van der Waals surface area contributed by atoms with Crippen molar-refractivity contribution in [2.45, 2.75) is 26.8 Å². The second-order valence-electron chi connectivity index (χ2n) is 5.39. The number of thiazole rings is 1. The second-order valence-corrected chi connectivity index (χ2v) is 6.59. The third-order valence-electron chi connectivity index (χ3n) is 3.55. The molecule has 3 rings (SSSR count). The lowest BCUT2D eigenvalue weighted by Crippen LogP contribution is -2.27. The molecule has 6 heteroatoms. The topological polar surface area (TPSA) is 70.7 Å². The van der Waals surface area contributed by atoms with E-state index < -0.39 is 0 Å². The minimum atomic E-state index is -0.207. The van der Waals surface area contributed by atoms with Gasteiger partial charge < -0.3 is 10.3 Å².